The van der Waals surface area contributed by atoms with E-state index in [1.807, 2.05) is 44.4 Å². The smallest absolute Gasteiger partial charge is 0.312 e. The fourth-order valence-corrected chi connectivity index (χ4v) is 4.42. The Labute approximate surface area is 188 Å². The first-order valence-corrected chi connectivity index (χ1v) is 11.7. The number of aryl methyl sites for hydroxylation is 2. The van der Waals surface area contributed by atoms with E-state index in [1.54, 1.807) is 25.6 Å². The molecule has 0 radical (unpaired) electrons. The van der Waals surface area contributed by atoms with Gasteiger partial charge in [0.25, 0.3) is 0 Å². The van der Waals surface area contributed by atoms with Crippen molar-refractivity contribution < 1.29 is 19.4 Å². The first-order valence-electron chi connectivity index (χ1n) is 10.5. The van der Waals surface area contributed by atoms with Gasteiger partial charge in [0, 0.05) is 35.4 Å². The zero-order valence-corrected chi connectivity index (χ0v) is 19.6. The van der Waals surface area contributed by atoms with Crippen LogP contribution in [0.15, 0.2) is 41.3 Å². The summed E-state index contributed by atoms with van der Waals surface area (Å²) in [6, 6.07) is 12.0. The fourth-order valence-electron chi connectivity index (χ4n) is 4.01. The van der Waals surface area contributed by atoms with Crippen molar-refractivity contribution in [2.75, 3.05) is 26.0 Å². The van der Waals surface area contributed by atoms with Crippen LogP contribution < -0.4 is 10.1 Å². The number of hydrogen-bond donors (Lipinski definition) is 2. The van der Waals surface area contributed by atoms with Crippen LogP contribution in [0.1, 0.15) is 46.8 Å². The molecule has 0 aliphatic carbocycles. The molecule has 1 aliphatic rings. The van der Waals surface area contributed by atoms with E-state index in [0.29, 0.717) is 6.54 Å². The summed E-state index contributed by atoms with van der Waals surface area (Å²) in [6.45, 7) is 8.77. The van der Waals surface area contributed by atoms with E-state index in [0.717, 1.165) is 39.4 Å². The van der Waals surface area contributed by atoms with Crippen molar-refractivity contribution >= 4 is 23.5 Å². The van der Waals surface area contributed by atoms with Gasteiger partial charge in [0.1, 0.15) is 12.4 Å². The predicted octanol–water partition coefficient (Wildman–Crippen LogP) is 4.70. The molecule has 1 fully saturated rings. The minimum Gasteiger partial charge on any atom is -0.492 e. The van der Waals surface area contributed by atoms with Crippen molar-refractivity contribution in [1.29, 1.82) is 0 Å². The summed E-state index contributed by atoms with van der Waals surface area (Å²) < 4.78 is 5.91. The Morgan fingerprint density at radius 2 is 1.74 bits per heavy atom. The zero-order chi connectivity index (χ0) is 22.8. The predicted molar refractivity (Wildman–Crippen MR) is 124 cm³/mol. The summed E-state index contributed by atoms with van der Waals surface area (Å²) in [7, 11) is 0. The highest BCUT2D eigenvalue weighted by atomic mass is 32.2. The molecular weight excluding hydrogens is 410 g/mol. The van der Waals surface area contributed by atoms with E-state index < -0.39 is 11.4 Å². The number of nitrogens with one attached hydrogen (secondary N) is 1. The van der Waals surface area contributed by atoms with Crippen LogP contribution in [-0.2, 0) is 4.79 Å². The molecule has 0 bridgehead atoms. The average molecular weight is 442 g/mol. The van der Waals surface area contributed by atoms with Gasteiger partial charge in [-0.15, -0.1) is 11.8 Å². The summed E-state index contributed by atoms with van der Waals surface area (Å²) in [4.78, 5) is 25.7. The van der Waals surface area contributed by atoms with E-state index in [-0.39, 0.29) is 24.2 Å². The second kappa shape index (κ2) is 9.45. The van der Waals surface area contributed by atoms with Gasteiger partial charge in [0.05, 0.1) is 5.41 Å². The van der Waals surface area contributed by atoms with Crippen LogP contribution in [-0.4, -0.2) is 42.8 Å². The molecule has 0 aromatic heterocycles. The number of aliphatic carboxylic acids is 1. The lowest BCUT2D eigenvalue weighted by Gasteiger charge is -2.23. The van der Waals surface area contributed by atoms with Crippen molar-refractivity contribution in [2.45, 2.75) is 38.5 Å². The topological polar surface area (TPSA) is 75.6 Å². The summed E-state index contributed by atoms with van der Waals surface area (Å²) in [5, 5.41) is 12.7. The zero-order valence-electron chi connectivity index (χ0n) is 18.8. The molecule has 2 aromatic rings. The first kappa shape index (κ1) is 23.4. The molecular formula is C25H31NO4S. The van der Waals surface area contributed by atoms with E-state index in [9.17, 15) is 14.7 Å². The monoisotopic (exact) mass is 441 g/mol. The van der Waals surface area contributed by atoms with Crippen LogP contribution in [0, 0.1) is 25.2 Å². The Balaban J connectivity index is 1.81. The third kappa shape index (κ3) is 5.13. The van der Waals surface area contributed by atoms with E-state index in [4.69, 9.17) is 4.74 Å². The molecule has 1 aliphatic heterocycles. The largest absolute Gasteiger partial charge is 0.492 e. The number of carbonyl (C=O) groups is 2. The lowest BCUT2D eigenvalue weighted by molar-refractivity contribution is -0.148. The molecule has 1 heterocycles. The van der Waals surface area contributed by atoms with Gasteiger partial charge in [-0.25, -0.2) is 0 Å². The standard InChI is InChI=1S/C25H31NO4S/c1-15-10-18(11-16(2)23(15)30-14-25(3,4)24(28)29)20-12-26-13-21(20)22(27)17-6-8-19(31-5)9-7-17/h6-11,20-21,26H,12-14H2,1-5H3,(H,28,29). The Hall–Kier alpha value is -2.31. The Morgan fingerprint density at radius 1 is 1.13 bits per heavy atom. The molecule has 31 heavy (non-hydrogen) atoms. The van der Waals surface area contributed by atoms with Crippen molar-refractivity contribution in [2.24, 2.45) is 11.3 Å². The van der Waals surface area contributed by atoms with Gasteiger partial charge >= 0.3 is 5.97 Å². The van der Waals surface area contributed by atoms with Crippen molar-refractivity contribution in [1.82, 2.24) is 5.32 Å². The normalized spacial score (nSPS) is 18.7. The molecule has 0 spiro atoms. The van der Waals surface area contributed by atoms with Gasteiger partial charge < -0.3 is 15.2 Å². The molecule has 166 valence electrons. The molecule has 2 unspecified atom stereocenters. The van der Waals surface area contributed by atoms with E-state index >= 15 is 0 Å². The average Bonchev–Trinajstić information content (AvgIpc) is 3.22. The summed E-state index contributed by atoms with van der Waals surface area (Å²) in [5.41, 5.74) is 2.82. The van der Waals surface area contributed by atoms with Crippen molar-refractivity contribution in [3.8, 4) is 5.75 Å². The molecule has 5 nitrogen and oxygen atoms in total. The highest BCUT2D eigenvalue weighted by Crippen LogP contribution is 2.35. The summed E-state index contributed by atoms with van der Waals surface area (Å²) in [6.07, 6.45) is 2.02. The first-order chi connectivity index (χ1) is 14.6. The number of thioether (sulfide) groups is 1. The lowest BCUT2D eigenvalue weighted by Crippen LogP contribution is -2.31. The molecule has 2 N–H and O–H groups in total. The molecule has 2 atom stereocenters. The maximum atomic E-state index is 13.2. The Bertz CT molecular complexity index is 945. The third-order valence-electron chi connectivity index (χ3n) is 5.99. The number of ether oxygens (including phenoxy) is 1. The minimum absolute atomic E-state index is 0.0923. The molecule has 0 saturated carbocycles. The van der Waals surface area contributed by atoms with Gasteiger partial charge in [-0.2, -0.15) is 0 Å². The number of carboxylic acid groups (broad SMARTS) is 1. The number of hydrogen-bond acceptors (Lipinski definition) is 5. The molecule has 2 aromatic carbocycles. The molecule has 0 amide bonds. The van der Waals surface area contributed by atoms with Crippen LogP contribution in [0.2, 0.25) is 0 Å². The maximum Gasteiger partial charge on any atom is 0.312 e. The van der Waals surface area contributed by atoms with Crippen LogP contribution in [0.5, 0.6) is 5.75 Å². The second-order valence-electron chi connectivity index (χ2n) is 8.93. The fraction of sp³-hybridized carbons (Fsp3) is 0.440. The van der Waals surface area contributed by atoms with Crippen LogP contribution >= 0.6 is 11.8 Å². The quantitative estimate of drug-likeness (QED) is 0.457. The van der Waals surface area contributed by atoms with E-state index in [1.165, 1.54) is 0 Å². The van der Waals surface area contributed by atoms with Gasteiger partial charge in [-0.1, -0.05) is 24.3 Å². The number of carboxylic acids is 1. The number of carbonyl (C=O) groups excluding carboxylic acids is 1. The minimum atomic E-state index is -0.962. The maximum absolute atomic E-state index is 13.2. The summed E-state index contributed by atoms with van der Waals surface area (Å²) >= 11 is 1.66. The number of benzene rings is 2. The molecule has 1 saturated heterocycles. The second-order valence-corrected chi connectivity index (χ2v) is 9.81. The lowest BCUT2D eigenvalue weighted by atomic mass is 9.82. The summed E-state index contributed by atoms with van der Waals surface area (Å²) in [5.74, 6) is -0.0179. The van der Waals surface area contributed by atoms with Crippen molar-refractivity contribution in [3.63, 3.8) is 0 Å². The Morgan fingerprint density at radius 3 is 2.29 bits per heavy atom. The van der Waals surface area contributed by atoms with Gasteiger partial charge in [-0.05, 0) is 62.8 Å². The number of rotatable bonds is 8. The highest BCUT2D eigenvalue weighted by molar-refractivity contribution is 7.98. The van der Waals surface area contributed by atoms with Crippen molar-refractivity contribution in [3.05, 3.63) is 58.7 Å². The SMILES string of the molecule is CSc1ccc(C(=O)C2CNCC2c2cc(C)c(OCC(C)(C)C(=O)O)c(C)c2)cc1. The van der Waals surface area contributed by atoms with E-state index in [2.05, 4.69) is 17.4 Å². The number of ketones is 1. The Kier molecular flexibility index (Phi) is 7.12. The van der Waals surface area contributed by atoms with Crippen LogP contribution in [0.4, 0.5) is 0 Å². The third-order valence-corrected chi connectivity index (χ3v) is 6.74. The van der Waals surface area contributed by atoms with Crippen LogP contribution in [0.3, 0.4) is 0 Å². The molecule has 6 heteroatoms. The van der Waals surface area contributed by atoms with Gasteiger partial charge in [0.15, 0.2) is 5.78 Å². The van der Waals surface area contributed by atoms with Crippen LogP contribution in [0.25, 0.3) is 0 Å². The molecule has 3 rings (SSSR count). The number of Topliss-reactive ketones (excluding diaryl/α,β-unsaturated/α-hetero) is 1. The van der Waals surface area contributed by atoms with Gasteiger partial charge in [0.2, 0.25) is 0 Å². The van der Waals surface area contributed by atoms with Gasteiger partial charge in [-0.3, -0.25) is 9.59 Å². The highest BCUT2D eigenvalue weighted by Gasteiger charge is 2.35.